The van der Waals surface area contributed by atoms with Crippen molar-refractivity contribution in [3.05, 3.63) is 33.1 Å². The molecule has 0 atom stereocenters. The van der Waals surface area contributed by atoms with Gasteiger partial charge in [0.25, 0.3) is 0 Å². The Morgan fingerprint density at radius 3 is 2.58 bits per heavy atom. The van der Waals surface area contributed by atoms with Crippen molar-refractivity contribution in [1.82, 2.24) is 19.9 Å². The number of thiazole rings is 1. The monoisotopic (exact) mass is 374 g/mol. The van der Waals surface area contributed by atoms with Gasteiger partial charge in [0.2, 0.25) is 5.91 Å². The average molecular weight is 375 g/mol. The van der Waals surface area contributed by atoms with Gasteiger partial charge < -0.3 is 9.42 Å². The third-order valence-corrected chi connectivity index (χ3v) is 6.98. The van der Waals surface area contributed by atoms with Crippen molar-refractivity contribution in [3.8, 4) is 0 Å². The number of amides is 1. The highest BCUT2D eigenvalue weighted by Crippen LogP contribution is 2.42. The Labute approximate surface area is 158 Å². The van der Waals surface area contributed by atoms with Gasteiger partial charge in [-0.2, -0.15) is 0 Å². The van der Waals surface area contributed by atoms with Crippen molar-refractivity contribution in [2.24, 2.45) is 5.41 Å². The van der Waals surface area contributed by atoms with E-state index in [0.717, 1.165) is 61.7 Å². The van der Waals surface area contributed by atoms with E-state index >= 15 is 0 Å². The summed E-state index contributed by atoms with van der Waals surface area (Å²) in [6.45, 7) is 10.6. The van der Waals surface area contributed by atoms with Crippen LogP contribution in [-0.2, 0) is 17.9 Å². The molecular formula is C19H26N4O2S. The van der Waals surface area contributed by atoms with Crippen LogP contribution in [0.2, 0.25) is 0 Å². The molecule has 0 N–H and O–H groups in total. The molecule has 2 aromatic heterocycles. The molecule has 2 fully saturated rings. The van der Waals surface area contributed by atoms with Crippen molar-refractivity contribution in [2.75, 3.05) is 19.6 Å². The first-order chi connectivity index (χ1) is 12.5. The second-order valence-corrected chi connectivity index (χ2v) is 8.81. The fourth-order valence-electron chi connectivity index (χ4n) is 4.25. The lowest BCUT2D eigenvalue weighted by molar-refractivity contribution is -0.128. The van der Waals surface area contributed by atoms with Crippen LogP contribution in [0.3, 0.4) is 0 Å². The van der Waals surface area contributed by atoms with Crippen LogP contribution >= 0.6 is 11.3 Å². The first-order valence-corrected chi connectivity index (χ1v) is 10.1. The molecule has 2 saturated heterocycles. The van der Waals surface area contributed by atoms with Gasteiger partial charge in [-0.05, 0) is 52.1 Å². The maximum atomic E-state index is 12.6. The second-order valence-electron chi connectivity index (χ2n) is 7.87. The molecule has 2 aliphatic heterocycles. The number of hydrogen-bond acceptors (Lipinski definition) is 6. The van der Waals surface area contributed by atoms with E-state index in [-0.39, 0.29) is 11.3 Å². The minimum absolute atomic E-state index is 0.148. The number of rotatable bonds is 4. The van der Waals surface area contributed by atoms with Gasteiger partial charge in [0.05, 0.1) is 23.4 Å². The Morgan fingerprint density at radius 2 is 1.96 bits per heavy atom. The summed E-state index contributed by atoms with van der Waals surface area (Å²) in [6, 6.07) is 0. The third-order valence-electron chi connectivity index (χ3n) is 6.06. The molecule has 2 aromatic rings. The number of carbonyl (C=O) groups excluding carboxylic acids is 1. The van der Waals surface area contributed by atoms with Gasteiger partial charge in [-0.25, -0.2) is 4.98 Å². The lowest BCUT2D eigenvalue weighted by atomic mass is 9.77. The van der Waals surface area contributed by atoms with E-state index in [1.54, 1.807) is 11.3 Å². The minimum atomic E-state index is 0.148. The van der Waals surface area contributed by atoms with E-state index in [9.17, 15) is 4.79 Å². The summed E-state index contributed by atoms with van der Waals surface area (Å²) in [4.78, 5) is 22.9. The van der Waals surface area contributed by atoms with Crippen LogP contribution in [0.25, 0.3) is 0 Å². The molecule has 0 aliphatic carbocycles. The fraction of sp³-hybridized carbons (Fsp3) is 0.632. The summed E-state index contributed by atoms with van der Waals surface area (Å²) in [5.74, 6) is 1.10. The largest absolute Gasteiger partial charge is 0.361 e. The summed E-state index contributed by atoms with van der Waals surface area (Å²) in [6.07, 6.45) is 2.87. The molecule has 0 saturated carbocycles. The van der Waals surface area contributed by atoms with Gasteiger partial charge in [-0.1, -0.05) is 5.16 Å². The van der Waals surface area contributed by atoms with Gasteiger partial charge in [0.1, 0.15) is 5.76 Å². The molecule has 1 amide bonds. The molecule has 0 unspecified atom stereocenters. The molecule has 0 aromatic carbocycles. The van der Waals surface area contributed by atoms with Gasteiger partial charge >= 0.3 is 0 Å². The van der Waals surface area contributed by atoms with Crippen LogP contribution in [0.1, 0.15) is 46.9 Å². The first-order valence-electron chi connectivity index (χ1n) is 9.27. The highest BCUT2D eigenvalue weighted by Gasteiger charge is 2.45. The van der Waals surface area contributed by atoms with Crippen LogP contribution in [0, 0.1) is 26.2 Å². The molecule has 4 rings (SSSR count). The fourth-order valence-corrected chi connectivity index (χ4v) is 5.06. The summed E-state index contributed by atoms with van der Waals surface area (Å²) in [7, 11) is 0. The molecular weight excluding hydrogens is 348 g/mol. The zero-order chi connectivity index (χ0) is 18.3. The van der Waals surface area contributed by atoms with Crippen LogP contribution < -0.4 is 0 Å². The van der Waals surface area contributed by atoms with Crippen LogP contribution in [0.15, 0.2) is 10.0 Å². The van der Waals surface area contributed by atoms with E-state index in [2.05, 4.69) is 22.0 Å². The number of nitrogens with zero attached hydrogens (tertiary/aromatic N) is 4. The summed E-state index contributed by atoms with van der Waals surface area (Å²) in [5, 5.41) is 4.02. The summed E-state index contributed by atoms with van der Waals surface area (Å²) in [5.41, 5.74) is 5.18. The Morgan fingerprint density at radius 1 is 1.19 bits per heavy atom. The van der Waals surface area contributed by atoms with E-state index < -0.39 is 0 Å². The Bertz CT molecular complexity index is 785. The Kier molecular flexibility index (Phi) is 4.61. The van der Waals surface area contributed by atoms with Crippen LogP contribution in [0.4, 0.5) is 0 Å². The number of hydrogen-bond donors (Lipinski definition) is 0. The maximum Gasteiger partial charge on any atom is 0.223 e. The van der Waals surface area contributed by atoms with E-state index in [1.807, 2.05) is 24.3 Å². The van der Waals surface area contributed by atoms with Crippen molar-refractivity contribution in [2.45, 2.75) is 53.1 Å². The molecule has 2 aliphatic rings. The average Bonchev–Trinajstić information content (AvgIpc) is 3.25. The van der Waals surface area contributed by atoms with E-state index in [4.69, 9.17) is 4.52 Å². The normalized spacial score (nSPS) is 20.4. The lowest BCUT2D eigenvalue weighted by Crippen LogP contribution is -2.41. The Balaban J connectivity index is 1.37. The number of aromatic nitrogens is 2. The second kappa shape index (κ2) is 6.78. The SMILES string of the molecule is Cc1ncsc1CN1CCC2(CC1)CC(=O)N(Cc1c(C)noc1C)C2. The quantitative estimate of drug-likeness (QED) is 0.823. The van der Waals surface area contributed by atoms with E-state index in [0.29, 0.717) is 13.0 Å². The number of aryl methyl sites for hydroxylation is 3. The van der Waals surface area contributed by atoms with Crippen molar-refractivity contribution >= 4 is 17.2 Å². The predicted molar refractivity (Wildman–Crippen MR) is 99.8 cm³/mol. The minimum Gasteiger partial charge on any atom is -0.361 e. The maximum absolute atomic E-state index is 12.6. The topological polar surface area (TPSA) is 62.5 Å². The Hall–Kier alpha value is -1.73. The molecule has 1 spiro atoms. The molecule has 7 heteroatoms. The van der Waals surface area contributed by atoms with Gasteiger partial charge in [0.15, 0.2) is 0 Å². The third kappa shape index (κ3) is 3.30. The zero-order valence-electron chi connectivity index (χ0n) is 15.7. The van der Waals surface area contributed by atoms with Gasteiger partial charge in [-0.15, -0.1) is 11.3 Å². The van der Waals surface area contributed by atoms with Gasteiger partial charge in [0, 0.05) is 30.0 Å². The lowest BCUT2D eigenvalue weighted by Gasteiger charge is -2.38. The van der Waals surface area contributed by atoms with Crippen LogP contribution in [-0.4, -0.2) is 45.5 Å². The first kappa shape index (κ1) is 17.7. The molecule has 26 heavy (non-hydrogen) atoms. The van der Waals surface area contributed by atoms with Crippen LogP contribution in [0.5, 0.6) is 0 Å². The molecule has 0 radical (unpaired) electrons. The molecule has 0 bridgehead atoms. The van der Waals surface area contributed by atoms with Crippen molar-refractivity contribution in [3.63, 3.8) is 0 Å². The molecule has 6 nitrogen and oxygen atoms in total. The molecule has 140 valence electrons. The number of carbonyl (C=O) groups is 1. The zero-order valence-corrected chi connectivity index (χ0v) is 16.6. The standard InChI is InChI=1S/C19H26N4O2S/c1-13-16(15(3)25-21-13)9-23-11-19(8-18(23)24)4-6-22(7-5-19)10-17-14(2)20-12-26-17/h12H,4-11H2,1-3H3. The molecule has 4 heterocycles. The van der Waals surface area contributed by atoms with E-state index in [1.165, 1.54) is 4.88 Å². The number of piperidine rings is 1. The summed E-state index contributed by atoms with van der Waals surface area (Å²) < 4.78 is 5.25. The van der Waals surface area contributed by atoms with Crippen molar-refractivity contribution < 1.29 is 9.32 Å². The smallest absolute Gasteiger partial charge is 0.223 e. The van der Waals surface area contributed by atoms with Crippen molar-refractivity contribution in [1.29, 1.82) is 0 Å². The highest BCUT2D eigenvalue weighted by atomic mass is 32.1. The number of likely N-dealkylation sites (tertiary alicyclic amines) is 2. The van der Waals surface area contributed by atoms with Gasteiger partial charge in [-0.3, -0.25) is 9.69 Å². The highest BCUT2D eigenvalue weighted by molar-refractivity contribution is 7.09. The predicted octanol–water partition coefficient (Wildman–Crippen LogP) is 3.07. The summed E-state index contributed by atoms with van der Waals surface area (Å²) >= 11 is 1.74.